The number of hydrogen-bond acceptors (Lipinski definition) is 6. The molecule has 3 aromatic carbocycles. The van der Waals surface area contributed by atoms with Crippen molar-refractivity contribution in [1.29, 1.82) is 0 Å². The van der Waals surface area contributed by atoms with Crippen LogP contribution in [-0.4, -0.2) is 43.8 Å². The molecule has 1 amide bonds. The summed E-state index contributed by atoms with van der Waals surface area (Å²) in [5.74, 6) is -1.89. The molecule has 5 aromatic rings. The molecule has 0 spiro atoms. The van der Waals surface area contributed by atoms with Gasteiger partial charge in [0, 0.05) is 16.4 Å². The van der Waals surface area contributed by atoms with Crippen LogP contribution in [-0.2, 0) is 4.74 Å². The highest BCUT2D eigenvalue weighted by molar-refractivity contribution is 9.10. The number of anilines is 1. The van der Waals surface area contributed by atoms with E-state index in [1.54, 1.807) is 50.2 Å². The Labute approximate surface area is 238 Å². The van der Waals surface area contributed by atoms with Crippen LogP contribution in [0.25, 0.3) is 11.4 Å². The average molecular weight is 598 g/mol. The number of esters is 1. The lowest BCUT2D eigenvalue weighted by atomic mass is 10.0. The summed E-state index contributed by atoms with van der Waals surface area (Å²) in [4.78, 5) is 40.6. The molecule has 200 valence electrons. The largest absolute Gasteiger partial charge is 0.461 e. The van der Waals surface area contributed by atoms with Crippen molar-refractivity contribution in [2.45, 2.75) is 13.8 Å². The number of ether oxygens (including phenoxy) is 1. The zero-order valence-electron chi connectivity index (χ0n) is 21.7. The molecular weight excluding hydrogens is 574 g/mol. The second kappa shape index (κ2) is 11.5. The maximum Gasteiger partial charge on any atom is 0.359 e. The lowest BCUT2D eigenvalue weighted by molar-refractivity contribution is 0.0516. The van der Waals surface area contributed by atoms with Crippen LogP contribution < -0.4 is 5.32 Å². The first kappa shape index (κ1) is 26.8. The molecule has 40 heavy (non-hydrogen) atoms. The number of carbonyl (C=O) groups excluding carboxylic acids is 3. The number of nitrogens with one attached hydrogen (secondary N) is 1. The Morgan fingerprint density at radius 3 is 2.15 bits per heavy atom. The van der Waals surface area contributed by atoms with Crippen LogP contribution in [0.15, 0.2) is 95.6 Å². The minimum atomic E-state index is -0.745. The summed E-state index contributed by atoms with van der Waals surface area (Å²) in [5.41, 5.74) is 2.09. The van der Waals surface area contributed by atoms with Crippen LogP contribution in [0.1, 0.15) is 49.5 Å². The Hall–Kier alpha value is -4.83. The van der Waals surface area contributed by atoms with Crippen molar-refractivity contribution in [2.75, 3.05) is 11.9 Å². The molecule has 9 nitrogen and oxygen atoms in total. The van der Waals surface area contributed by atoms with Gasteiger partial charge in [-0.1, -0.05) is 52.3 Å². The number of halogens is 1. The third-order valence-electron chi connectivity index (χ3n) is 6.11. The molecule has 0 radical (unpaired) electrons. The third-order valence-corrected chi connectivity index (χ3v) is 6.64. The molecule has 0 aliphatic carbocycles. The first-order chi connectivity index (χ1) is 19.4. The number of ketones is 1. The fraction of sp³-hybridized carbons (Fsp3) is 0.100. The number of rotatable bonds is 8. The van der Waals surface area contributed by atoms with E-state index in [2.05, 4.69) is 31.4 Å². The molecule has 2 aromatic heterocycles. The normalized spacial score (nSPS) is 10.8. The minimum Gasteiger partial charge on any atom is -0.461 e. The van der Waals surface area contributed by atoms with E-state index in [9.17, 15) is 14.4 Å². The van der Waals surface area contributed by atoms with Crippen LogP contribution >= 0.6 is 15.9 Å². The highest BCUT2D eigenvalue weighted by atomic mass is 79.9. The summed E-state index contributed by atoms with van der Waals surface area (Å²) in [6.45, 7) is 3.48. The van der Waals surface area contributed by atoms with Gasteiger partial charge in [-0.15, -0.1) is 0 Å². The van der Waals surface area contributed by atoms with Crippen molar-refractivity contribution in [3.63, 3.8) is 0 Å². The molecule has 10 heteroatoms. The quantitative estimate of drug-likeness (QED) is 0.179. The lowest BCUT2D eigenvalue weighted by Gasteiger charge is -2.06. The molecule has 0 fully saturated rings. The maximum atomic E-state index is 14.2. The highest BCUT2D eigenvalue weighted by Gasteiger charge is 2.32. The van der Waals surface area contributed by atoms with Gasteiger partial charge in [-0.3, -0.25) is 9.59 Å². The maximum absolute atomic E-state index is 14.2. The smallest absolute Gasteiger partial charge is 0.359 e. The van der Waals surface area contributed by atoms with Crippen molar-refractivity contribution in [3.8, 4) is 11.4 Å². The van der Waals surface area contributed by atoms with E-state index in [1.807, 2.05) is 48.5 Å². The van der Waals surface area contributed by atoms with Crippen LogP contribution in [0.4, 0.5) is 5.69 Å². The van der Waals surface area contributed by atoms with Gasteiger partial charge in [-0.05, 0) is 62.4 Å². The molecule has 0 atom stereocenters. The van der Waals surface area contributed by atoms with Crippen molar-refractivity contribution >= 4 is 39.3 Å². The fourth-order valence-corrected chi connectivity index (χ4v) is 4.48. The Morgan fingerprint density at radius 2 is 1.50 bits per heavy atom. The van der Waals surface area contributed by atoms with Crippen molar-refractivity contribution in [1.82, 2.24) is 19.6 Å². The van der Waals surface area contributed by atoms with E-state index in [0.29, 0.717) is 22.8 Å². The van der Waals surface area contributed by atoms with E-state index < -0.39 is 17.7 Å². The first-order valence-corrected chi connectivity index (χ1v) is 13.3. The molecule has 0 unspecified atom stereocenters. The van der Waals surface area contributed by atoms with Gasteiger partial charge in [0.05, 0.1) is 34.8 Å². The standard InChI is InChI=1S/C30H24BrN5O4/c1-3-40-30(39)26-24(18-35(33-26)22-16-14-20(31)15-17-22)28(37)25-19(2)36(23-12-8-5-9-13-23)34-27(25)29(38)32-21-10-6-4-7-11-21/h4-18H,3H2,1-2H3,(H,32,38). The molecule has 5 rings (SSSR count). The summed E-state index contributed by atoms with van der Waals surface area (Å²) in [5, 5.41) is 11.7. The van der Waals surface area contributed by atoms with Gasteiger partial charge in [-0.2, -0.15) is 10.2 Å². The Bertz CT molecular complexity index is 1690. The van der Waals surface area contributed by atoms with Gasteiger partial charge < -0.3 is 10.1 Å². The zero-order valence-corrected chi connectivity index (χ0v) is 23.3. The van der Waals surface area contributed by atoms with Gasteiger partial charge in [0.15, 0.2) is 11.4 Å². The SMILES string of the molecule is CCOC(=O)c1nn(-c2ccc(Br)cc2)cc1C(=O)c1c(C(=O)Nc2ccccc2)nn(-c2ccccc2)c1C. The summed E-state index contributed by atoms with van der Waals surface area (Å²) in [7, 11) is 0. The molecule has 0 saturated carbocycles. The topological polar surface area (TPSA) is 108 Å². The summed E-state index contributed by atoms with van der Waals surface area (Å²) in [6, 6.07) is 25.3. The zero-order chi connectivity index (χ0) is 28.2. The highest BCUT2D eigenvalue weighted by Crippen LogP contribution is 2.26. The van der Waals surface area contributed by atoms with E-state index >= 15 is 0 Å². The van der Waals surface area contributed by atoms with Crippen LogP contribution in [0, 0.1) is 6.92 Å². The Kier molecular flexibility index (Phi) is 7.70. The number of benzene rings is 3. The van der Waals surface area contributed by atoms with E-state index in [1.165, 1.54) is 15.6 Å². The lowest BCUT2D eigenvalue weighted by Crippen LogP contribution is -2.18. The minimum absolute atomic E-state index is 0.00848. The molecular formula is C30H24BrN5O4. The second-order valence-electron chi connectivity index (χ2n) is 8.74. The average Bonchev–Trinajstić information content (AvgIpc) is 3.56. The molecule has 0 aliphatic heterocycles. The van der Waals surface area contributed by atoms with Gasteiger partial charge in [-0.25, -0.2) is 14.2 Å². The predicted octanol–water partition coefficient (Wildman–Crippen LogP) is 5.79. The van der Waals surface area contributed by atoms with Crippen LogP contribution in [0.2, 0.25) is 0 Å². The van der Waals surface area contributed by atoms with E-state index in [-0.39, 0.29) is 29.1 Å². The molecule has 2 heterocycles. The van der Waals surface area contributed by atoms with Gasteiger partial charge in [0.1, 0.15) is 0 Å². The first-order valence-electron chi connectivity index (χ1n) is 12.5. The summed E-state index contributed by atoms with van der Waals surface area (Å²) < 4.78 is 9.05. The summed E-state index contributed by atoms with van der Waals surface area (Å²) >= 11 is 3.40. The van der Waals surface area contributed by atoms with E-state index in [4.69, 9.17) is 4.74 Å². The molecule has 0 aliphatic rings. The number of amides is 1. The number of carbonyl (C=O) groups is 3. The van der Waals surface area contributed by atoms with Gasteiger partial charge in [0.25, 0.3) is 5.91 Å². The molecule has 0 saturated heterocycles. The second-order valence-corrected chi connectivity index (χ2v) is 9.65. The number of nitrogens with zero attached hydrogens (tertiary/aromatic N) is 4. The Morgan fingerprint density at radius 1 is 0.850 bits per heavy atom. The summed E-state index contributed by atoms with van der Waals surface area (Å²) in [6.07, 6.45) is 1.47. The fourth-order valence-electron chi connectivity index (χ4n) is 4.22. The number of aromatic nitrogens is 4. The van der Waals surface area contributed by atoms with Crippen LogP contribution in [0.3, 0.4) is 0 Å². The van der Waals surface area contributed by atoms with Crippen molar-refractivity contribution in [2.24, 2.45) is 0 Å². The Balaban J connectivity index is 1.65. The number of para-hydroxylation sites is 2. The molecule has 0 bridgehead atoms. The van der Waals surface area contributed by atoms with Crippen molar-refractivity contribution < 1.29 is 19.1 Å². The molecule has 1 N–H and O–H groups in total. The van der Waals surface area contributed by atoms with Gasteiger partial charge >= 0.3 is 5.97 Å². The van der Waals surface area contributed by atoms with E-state index in [0.717, 1.165) is 4.47 Å². The monoisotopic (exact) mass is 597 g/mol. The van der Waals surface area contributed by atoms with Crippen LogP contribution in [0.5, 0.6) is 0 Å². The van der Waals surface area contributed by atoms with Crippen molar-refractivity contribution in [3.05, 3.63) is 124 Å². The van der Waals surface area contributed by atoms with Gasteiger partial charge in [0.2, 0.25) is 5.78 Å². The number of hydrogen-bond donors (Lipinski definition) is 1. The predicted molar refractivity (Wildman–Crippen MR) is 153 cm³/mol. The third kappa shape index (κ3) is 5.34.